The number of carbonyl (C=O) groups is 1. The molecule has 1 amide bonds. The molecule has 29 heavy (non-hydrogen) atoms. The second kappa shape index (κ2) is 8.53. The molecular weight excluding hydrogens is 388 g/mol. The average Bonchev–Trinajstić information content (AvgIpc) is 3.24. The maximum atomic E-state index is 12.8. The summed E-state index contributed by atoms with van der Waals surface area (Å²) >= 11 is 1.45. The number of thiazole rings is 1. The zero-order chi connectivity index (χ0) is 20.2. The van der Waals surface area contributed by atoms with E-state index in [9.17, 15) is 4.79 Å². The molecule has 2 heterocycles. The first-order valence-corrected chi connectivity index (χ1v) is 10.3. The molecule has 0 radical (unpaired) electrons. The monoisotopic (exact) mass is 410 g/mol. The Morgan fingerprint density at radius 1 is 1.21 bits per heavy atom. The van der Waals surface area contributed by atoms with E-state index in [0.29, 0.717) is 31.2 Å². The summed E-state index contributed by atoms with van der Waals surface area (Å²) in [6.45, 7) is 3.40. The van der Waals surface area contributed by atoms with Crippen molar-refractivity contribution < 1.29 is 19.0 Å². The summed E-state index contributed by atoms with van der Waals surface area (Å²) in [6.07, 6.45) is -0.219. The highest BCUT2D eigenvalue weighted by molar-refractivity contribution is 7.13. The van der Waals surface area contributed by atoms with Gasteiger partial charge in [-0.2, -0.15) is 0 Å². The van der Waals surface area contributed by atoms with Gasteiger partial charge in [0.15, 0.2) is 17.6 Å². The summed E-state index contributed by atoms with van der Waals surface area (Å²) in [5, 5.41) is 2.59. The van der Waals surface area contributed by atoms with Crippen molar-refractivity contribution in [3.63, 3.8) is 0 Å². The van der Waals surface area contributed by atoms with Crippen LogP contribution in [0.5, 0.6) is 17.2 Å². The minimum Gasteiger partial charge on any atom is -0.494 e. The van der Waals surface area contributed by atoms with Crippen molar-refractivity contribution in [3.05, 3.63) is 59.6 Å². The lowest BCUT2D eigenvalue weighted by molar-refractivity contribution is 0.0518. The van der Waals surface area contributed by atoms with Crippen molar-refractivity contribution in [2.45, 2.75) is 13.0 Å². The summed E-state index contributed by atoms with van der Waals surface area (Å²) in [7, 11) is 1.75. The molecule has 0 spiro atoms. The first-order valence-electron chi connectivity index (χ1n) is 9.46. The summed E-state index contributed by atoms with van der Waals surface area (Å²) in [4.78, 5) is 18.9. The molecule has 6 nitrogen and oxygen atoms in total. The number of para-hydroxylation sites is 2. The van der Waals surface area contributed by atoms with Gasteiger partial charge >= 0.3 is 0 Å². The van der Waals surface area contributed by atoms with E-state index in [1.807, 2.05) is 55.5 Å². The van der Waals surface area contributed by atoms with Gasteiger partial charge in [-0.25, -0.2) is 4.98 Å². The molecule has 2 aromatic carbocycles. The minimum absolute atomic E-state index is 0.138. The Bertz CT molecular complexity index is 986. The molecule has 0 aliphatic carbocycles. The van der Waals surface area contributed by atoms with Crippen molar-refractivity contribution in [3.8, 4) is 27.8 Å². The van der Waals surface area contributed by atoms with Crippen LogP contribution in [0.1, 0.15) is 17.4 Å². The summed E-state index contributed by atoms with van der Waals surface area (Å²) in [5.41, 5.74) is 1.39. The van der Waals surface area contributed by atoms with Crippen molar-refractivity contribution in [2.75, 3.05) is 26.8 Å². The van der Waals surface area contributed by atoms with Crippen LogP contribution >= 0.6 is 11.3 Å². The minimum atomic E-state index is -0.219. The second-order valence-corrected chi connectivity index (χ2v) is 7.54. The molecule has 0 bridgehead atoms. The van der Waals surface area contributed by atoms with Crippen LogP contribution in [0.3, 0.4) is 0 Å². The molecule has 3 aromatic rings. The lowest BCUT2D eigenvalue weighted by Crippen LogP contribution is -2.41. The van der Waals surface area contributed by atoms with Gasteiger partial charge < -0.3 is 19.1 Å². The van der Waals surface area contributed by atoms with Gasteiger partial charge in [-0.05, 0) is 43.3 Å². The largest absolute Gasteiger partial charge is 0.494 e. The van der Waals surface area contributed by atoms with E-state index in [1.54, 1.807) is 17.3 Å². The van der Waals surface area contributed by atoms with Crippen LogP contribution in [-0.4, -0.2) is 48.7 Å². The smallest absolute Gasteiger partial charge is 0.273 e. The topological polar surface area (TPSA) is 60.9 Å². The van der Waals surface area contributed by atoms with Crippen molar-refractivity contribution in [1.29, 1.82) is 0 Å². The Labute approximate surface area is 173 Å². The van der Waals surface area contributed by atoms with Crippen molar-refractivity contribution >= 4 is 17.2 Å². The van der Waals surface area contributed by atoms with E-state index >= 15 is 0 Å². The van der Waals surface area contributed by atoms with E-state index in [4.69, 9.17) is 14.2 Å². The summed E-state index contributed by atoms with van der Waals surface area (Å²) in [5.74, 6) is 2.12. The molecule has 1 unspecified atom stereocenters. The fourth-order valence-corrected chi connectivity index (χ4v) is 3.90. The third-order valence-corrected chi connectivity index (χ3v) is 5.42. The number of amides is 1. The predicted molar refractivity (Wildman–Crippen MR) is 112 cm³/mol. The lowest BCUT2D eigenvalue weighted by atomic mass is 10.2. The Morgan fingerprint density at radius 2 is 1.97 bits per heavy atom. The fraction of sp³-hybridized carbons (Fsp3) is 0.273. The van der Waals surface area contributed by atoms with E-state index in [-0.39, 0.29) is 12.0 Å². The molecule has 1 atom stereocenters. The number of rotatable bonds is 6. The van der Waals surface area contributed by atoms with Gasteiger partial charge in [0, 0.05) is 18.0 Å². The third kappa shape index (κ3) is 4.35. The van der Waals surface area contributed by atoms with Gasteiger partial charge in [0.25, 0.3) is 5.91 Å². The van der Waals surface area contributed by atoms with Crippen LogP contribution in [0, 0.1) is 0 Å². The maximum absolute atomic E-state index is 12.8. The first kappa shape index (κ1) is 19.3. The number of ether oxygens (including phenoxy) is 3. The van der Waals surface area contributed by atoms with Crippen LogP contribution in [0.25, 0.3) is 10.6 Å². The van der Waals surface area contributed by atoms with Crippen LogP contribution in [-0.2, 0) is 0 Å². The van der Waals surface area contributed by atoms with Gasteiger partial charge in [0.1, 0.15) is 23.1 Å². The highest BCUT2D eigenvalue weighted by Crippen LogP contribution is 2.31. The number of benzene rings is 2. The van der Waals surface area contributed by atoms with Crippen molar-refractivity contribution in [1.82, 2.24) is 9.88 Å². The van der Waals surface area contributed by atoms with Gasteiger partial charge in [-0.1, -0.05) is 12.1 Å². The molecule has 7 heteroatoms. The zero-order valence-electron chi connectivity index (χ0n) is 16.3. The van der Waals surface area contributed by atoms with Gasteiger partial charge in [0.2, 0.25) is 0 Å². The predicted octanol–water partition coefficient (Wildman–Crippen LogP) is 4.12. The molecule has 1 aliphatic heterocycles. The number of nitrogens with zero attached hydrogens (tertiary/aromatic N) is 2. The molecule has 0 fully saturated rings. The number of carbonyl (C=O) groups excluding carboxylic acids is 1. The fourth-order valence-electron chi connectivity index (χ4n) is 3.10. The van der Waals surface area contributed by atoms with Gasteiger partial charge in [-0.3, -0.25) is 4.79 Å². The molecule has 0 saturated carbocycles. The quantitative estimate of drug-likeness (QED) is 0.612. The Balaban J connectivity index is 1.39. The van der Waals surface area contributed by atoms with Crippen LogP contribution in [0.15, 0.2) is 53.9 Å². The molecule has 0 N–H and O–H groups in total. The number of hydrogen-bond donors (Lipinski definition) is 0. The van der Waals surface area contributed by atoms with E-state index < -0.39 is 0 Å². The summed E-state index contributed by atoms with van der Waals surface area (Å²) in [6, 6.07) is 15.3. The maximum Gasteiger partial charge on any atom is 0.273 e. The SMILES string of the molecule is CCOc1ccc(-c2nc(C(=O)N(C)CC3COc4ccccc4O3)cs2)cc1. The third-order valence-electron chi connectivity index (χ3n) is 4.53. The number of hydrogen-bond acceptors (Lipinski definition) is 6. The van der Waals surface area contributed by atoms with Crippen molar-refractivity contribution in [2.24, 2.45) is 0 Å². The van der Waals surface area contributed by atoms with Crippen LogP contribution < -0.4 is 14.2 Å². The Hall–Kier alpha value is -3.06. The molecule has 150 valence electrons. The number of aromatic nitrogens is 1. The standard InChI is InChI=1S/C22H22N2O4S/c1-3-26-16-10-8-15(9-11-16)21-23-18(14-29-21)22(25)24(2)12-17-13-27-19-6-4-5-7-20(19)28-17/h4-11,14,17H,3,12-13H2,1-2H3. The van der Waals surface area contributed by atoms with E-state index in [2.05, 4.69) is 4.98 Å². The lowest BCUT2D eigenvalue weighted by Gasteiger charge is -2.29. The average molecular weight is 410 g/mol. The van der Waals surface area contributed by atoms with E-state index in [0.717, 1.165) is 22.1 Å². The second-order valence-electron chi connectivity index (χ2n) is 6.68. The molecule has 4 rings (SSSR count). The number of fused-ring (bicyclic) bond motifs is 1. The molecule has 1 aliphatic rings. The van der Waals surface area contributed by atoms with Gasteiger partial charge in [-0.15, -0.1) is 11.3 Å². The van der Waals surface area contributed by atoms with Gasteiger partial charge in [0.05, 0.1) is 13.2 Å². The Morgan fingerprint density at radius 3 is 2.72 bits per heavy atom. The molecular formula is C22H22N2O4S. The molecule has 1 aromatic heterocycles. The normalized spacial score (nSPS) is 15.0. The van der Waals surface area contributed by atoms with Crippen LogP contribution in [0.2, 0.25) is 0 Å². The highest BCUT2D eigenvalue weighted by Gasteiger charge is 2.25. The zero-order valence-corrected chi connectivity index (χ0v) is 17.1. The Kier molecular flexibility index (Phi) is 5.67. The summed E-state index contributed by atoms with van der Waals surface area (Å²) < 4.78 is 17.1. The first-order chi connectivity index (χ1) is 14.1. The number of likely N-dealkylation sites (N-methyl/N-ethyl adjacent to an activating group) is 1. The van der Waals surface area contributed by atoms with Crippen LogP contribution in [0.4, 0.5) is 0 Å². The highest BCUT2D eigenvalue weighted by atomic mass is 32.1. The van der Waals surface area contributed by atoms with E-state index in [1.165, 1.54) is 11.3 Å². The molecule has 0 saturated heterocycles.